The molecule has 0 N–H and O–H groups in total. The molecule has 0 spiro atoms. The molecule has 0 radical (unpaired) electrons. The second-order valence-electron chi connectivity index (χ2n) is 9.13. The van der Waals surface area contributed by atoms with Crippen LogP contribution in [-0.2, 0) is 12.7 Å². The van der Waals surface area contributed by atoms with E-state index in [1.807, 2.05) is 53.2 Å². The van der Waals surface area contributed by atoms with Crippen molar-refractivity contribution in [3.8, 4) is 22.4 Å². The quantitative estimate of drug-likeness (QED) is 0.181. The lowest BCUT2D eigenvalue weighted by atomic mass is 10.0. The summed E-state index contributed by atoms with van der Waals surface area (Å²) in [5.41, 5.74) is 4.33. The molecule has 1 heterocycles. The van der Waals surface area contributed by atoms with Crippen molar-refractivity contribution < 1.29 is 18.0 Å². The van der Waals surface area contributed by atoms with Crippen molar-refractivity contribution in [2.75, 3.05) is 0 Å². The van der Waals surface area contributed by atoms with Crippen molar-refractivity contribution >= 4 is 41.6 Å². The highest BCUT2D eigenvalue weighted by atomic mass is 35.5. The van der Waals surface area contributed by atoms with Crippen LogP contribution in [0.2, 0.25) is 10.0 Å². The van der Waals surface area contributed by atoms with Crippen molar-refractivity contribution in [2.24, 2.45) is 0 Å². The lowest BCUT2D eigenvalue weighted by Gasteiger charge is -2.09. The Morgan fingerprint density at radius 1 is 0.800 bits per heavy atom. The van der Waals surface area contributed by atoms with Gasteiger partial charge in [-0.2, -0.15) is 13.2 Å². The summed E-state index contributed by atoms with van der Waals surface area (Å²) in [6, 6.07) is 25.1. The number of alkyl halides is 3. The first-order valence-electron chi connectivity index (χ1n) is 12.2. The first kappa shape index (κ1) is 27.4. The van der Waals surface area contributed by atoms with E-state index >= 15 is 0 Å². The highest BCUT2D eigenvalue weighted by Gasteiger charge is 2.30. The summed E-state index contributed by atoms with van der Waals surface area (Å²) >= 11 is 12.5. The number of carbonyl (C=O) groups is 1. The molecular formula is C32H21Cl2F3N2O. The Hall–Kier alpha value is -4.13. The normalized spacial score (nSPS) is 11.7. The average Bonchev–Trinajstić information content (AvgIpc) is 3.34. The predicted molar refractivity (Wildman–Crippen MR) is 154 cm³/mol. The molecule has 0 unspecified atom stereocenters. The number of aldehydes is 1. The molecule has 0 bridgehead atoms. The molecule has 0 aliphatic rings. The summed E-state index contributed by atoms with van der Waals surface area (Å²) in [4.78, 5) is 15.8. The van der Waals surface area contributed by atoms with Crippen LogP contribution in [0.1, 0.15) is 32.9 Å². The number of hydrogen-bond acceptors (Lipinski definition) is 2. The Kier molecular flexibility index (Phi) is 7.92. The Bertz CT molecular complexity index is 1690. The molecule has 1 aromatic heterocycles. The largest absolute Gasteiger partial charge is 0.416 e. The molecule has 4 aromatic carbocycles. The van der Waals surface area contributed by atoms with Crippen LogP contribution in [0.25, 0.3) is 34.5 Å². The molecule has 0 amide bonds. The minimum absolute atomic E-state index is 0.480. The summed E-state index contributed by atoms with van der Waals surface area (Å²) in [5.74, 6) is 0.669. The van der Waals surface area contributed by atoms with E-state index < -0.39 is 11.7 Å². The van der Waals surface area contributed by atoms with Crippen LogP contribution in [0.15, 0.2) is 97.2 Å². The topological polar surface area (TPSA) is 34.9 Å². The van der Waals surface area contributed by atoms with E-state index in [0.717, 1.165) is 35.1 Å². The standard InChI is InChI=1S/C32H21Cl2F3N2O/c33-27-13-14-28(29(34)17-27)30-19-39(18-22-4-6-23(20-40)7-5-22)31(38-30)15-10-21-8-11-24(12-9-21)25-2-1-3-26(16-25)32(35,36)37/h1-17,19-20H,18H2/b15-10+. The maximum atomic E-state index is 13.1. The molecule has 5 aromatic rings. The third-order valence-electron chi connectivity index (χ3n) is 6.34. The number of imidazole rings is 1. The highest BCUT2D eigenvalue weighted by molar-refractivity contribution is 6.36. The lowest BCUT2D eigenvalue weighted by Crippen LogP contribution is -2.04. The monoisotopic (exact) mass is 576 g/mol. The van der Waals surface area contributed by atoms with Crippen LogP contribution >= 0.6 is 23.2 Å². The van der Waals surface area contributed by atoms with Gasteiger partial charge in [-0.25, -0.2) is 4.98 Å². The van der Waals surface area contributed by atoms with Crippen molar-refractivity contribution in [1.82, 2.24) is 9.55 Å². The third-order valence-corrected chi connectivity index (χ3v) is 6.89. The van der Waals surface area contributed by atoms with Gasteiger partial charge in [0.2, 0.25) is 0 Å². The number of hydrogen-bond donors (Lipinski definition) is 0. The van der Waals surface area contributed by atoms with Crippen molar-refractivity contribution in [3.05, 3.63) is 135 Å². The summed E-state index contributed by atoms with van der Waals surface area (Å²) in [7, 11) is 0. The molecule has 0 saturated heterocycles. The van der Waals surface area contributed by atoms with E-state index in [-0.39, 0.29) is 0 Å². The molecule has 200 valence electrons. The van der Waals surface area contributed by atoms with Crippen LogP contribution in [0, 0.1) is 0 Å². The molecule has 40 heavy (non-hydrogen) atoms. The zero-order chi connectivity index (χ0) is 28.3. The van der Waals surface area contributed by atoms with Crippen LogP contribution in [0.4, 0.5) is 13.2 Å². The van der Waals surface area contributed by atoms with Gasteiger partial charge in [-0.15, -0.1) is 0 Å². The molecule has 5 rings (SSSR count). The van der Waals surface area contributed by atoms with Gasteiger partial charge in [0.1, 0.15) is 12.1 Å². The maximum Gasteiger partial charge on any atom is 0.416 e. The molecule has 3 nitrogen and oxygen atoms in total. The third kappa shape index (κ3) is 6.36. The summed E-state index contributed by atoms with van der Waals surface area (Å²) in [5, 5.41) is 1.00. The Morgan fingerprint density at radius 2 is 1.52 bits per heavy atom. The van der Waals surface area contributed by atoms with Gasteiger partial charge >= 0.3 is 6.18 Å². The lowest BCUT2D eigenvalue weighted by molar-refractivity contribution is -0.137. The summed E-state index contributed by atoms with van der Waals surface area (Å²) in [6.07, 6.45) is 2.06. The van der Waals surface area contributed by atoms with Gasteiger partial charge in [0.25, 0.3) is 0 Å². The van der Waals surface area contributed by atoms with E-state index in [2.05, 4.69) is 0 Å². The van der Waals surface area contributed by atoms with Gasteiger partial charge in [0.05, 0.1) is 16.3 Å². The van der Waals surface area contributed by atoms with Gasteiger partial charge in [-0.1, -0.05) is 89.9 Å². The predicted octanol–water partition coefficient (Wildman–Crippen LogP) is 9.57. The molecule has 8 heteroatoms. The summed E-state index contributed by atoms with van der Waals surface area (Å²) < 4.78 is 41.3. The van der Waals surface area contributed by atoms with Gasteiger partial charge in [-0.3, -0.25) is 4.79 Å². The average molecular weight is 577 g/mol. The Labute approximate surface area is 239 Å². The highest BCUT2D eigenvalue weighted by Crippen LogP contribution is 2.33. The van der Waals surface area contributed by atoms with Gasteiger partial charge in [0, 0.05) is 28.9 Å². The fraction of sp³-hybridized carbons (Fsp3) is 0.0625. The number of halogens is 5. The molecule has 0 atom stereocenters. The zero-order valence-corrected chi connectivity index (χ0v) is 22.4. The fourth-order valence-corrected chi connectivity index (χ4v) is 4.75. The molecule has 0 aliphatic carbocycles. The zero-order valence-electron chi connectivity index (χ0n) is 20.9. The number of aromatic nitrogens is 2. The van der Waals surface area contributed by atoms with Gasteiger partial charge in [0.15, 0.2) is 0 Å². The van der Waals surface area contributed by atoms with E-state index in [1.165, 1.54) is 6.07 Å². The van der Waals surface area contributed by atoms with Crippen LogP contribution in [0.5, 0.6) is 0 Å². The van der Waals surface area contributed by atoms with E-state index in [4.69, 9.17) is 28.2 Å². The van der Waals surface area contributed by atoms with Gasteiger partial charge < -0.3 is 4.57 Å². The van der Waals surface area contributed by atoms with Crippen molar-refractivity contribution in [2.45, 2.75) is 12.7 Å². The molecule has 0 saturated carbocycles. The smallest absolute Gasteiger partial charge is 0.326 e. The minimum atomic E-state index is -4.40. The number of benzene rings is 4. The first-order chi connectivity index (χ1) is 19.2. The van der Waals surface area contributed by atoms with Crippen LogP contribution in [-0.4, -0.2) is 15.8 Å². The molecule has 0 aliphatic heterocycles. The molecular weight excluding hydrogens is 556 g/mol. The van der Waals surface area contributed by atoms with E-state index in [9.17, 15) is 18.0 Å². The first-order valence-corrected chi connectivity index (χ1v) is 13.0. The second kappa shape index (κ2) is 11.5. The SMILES string of the molecule is O=Cc1ccc(Cn2cc(-c3ccc(Cl)cc3Cl)nc2/C=C/c2ccc(-c3cccc(C(F)(F)F)c3)cc2)cc1. The number of rotatable bonds is 7. The van der Waals surface area contributed by atoms with Crippen molar-refractivity contribution in [3.63, 3.8) is 0 Å². The maximum absolute atomic E-state index is 13.1. The minimum Gasteiger partial charge on any atom is -0.326 e. The van der Waals surface area contributed by atoms with E-state index in [1.54, 1.807) is 42.5 Å². The number of nitrogens with zero attached hydrogens (tertiary/aromatic N) is 2. The van der Waals surface area contributed by atoms with Crippen LogP contribution in [0.3, 0.4) is 0 Å². The second-order valence-corrected chi connectivity index (χ2v) is 9.97. The summed E-state index contributed by atoms with van der Waals surface area (Å²) in [6.45, 7) is 0.505. The number of carbonyl (C=O) groups excluding carboxylic acids is 1. The van der Waals surface area contributed by atoms with Crippen LogP contribution < -0.4 is 0 Å². The van der Waals surface area contributed by atoms with Crippen molar-refractivity contribution in [1.29, 1.82) is 0 Å². The van der Waals surface area contributed by atoms with Gasteiger partial charge in [-0.05, 0) is 58.7 Å². The fourth-order valence-electron chi connectivity index (χ4n) is 4.25. The Balaban J connectivity index is 1.44. The van der Waals surface area contributed by atoms with E-state index in [0.29, 0.717) is 44.8 Å². The Morgan fingerprint density at radius 3 is 2.20 bits per heavy atom. The molecule has 0 fully saturated rings.